The topological polar surface area (TPSA) is 26.0 Å². The minimum absolute atomic E-state index is 0.714. The molecule has 0 bridgehead atoms. The Morgan fingerprint density at radius 3 is 2.24 bits per heavy atom. The van der Waals surface area contributed by atoms with E-state index in [0.717, 1.165) is 6.54 Å². The lowest BCUT2D eigenvalue weighted by atomic mass is 9.77. The molecule has 0 radical (unpaired) electrons. The van der Waals surface area contributed by atoms with Gasteiger partial charge in [-0.05, 0) is 57.8 Å². The van der Waals surface area contributed by atoms with E-state index in [-0.39, 0.29) is 0 Å². The molecule has 0 saturated heterocycles. The summed E-state index contributed by atoms with van der Waals surface area (Å²) in [6, 6.07) is 0. The zero-order valence-corrected chi connectivity index (χ0v) is 12.1. The van der Waals surface area contributed by atoms with Crippen LogP contribution in [0.4, 0.5) is 0 Å². The van der Waals surface area contributed by atoms with E-state index in [1.54, 1.807) is 0 Å². The molecular formula is C16H31N. The van der Waals surface area contributed by atoms with Crippen LogP contribution in [0.15, 0.2) is 11.1 Å². The van der Waals surface area contributed by atoms with Crippen molar-refractivity contribution in [1.82, 2.24) is 0 Å². The Kier molecular flexibility index (Phi) is 6.26. The van der Waals surface area contributed by atoms with Gasteiger partial charge >= 0.3 is 0 Å². The van der Waals surface area contributed by atoms with Crippen LogP contribution in [0.25, 0.3) is 0 Å². The fourth-order valence-electron chi connectivity index (χ4n) is 3.40. The van der Waals surface area contributed by atoms with E-state index in [9.17, 15) is 0 Å². The van der Waals surface area contributed by atoms with Crippen LogP contribution in [-0.4, -0.2) is 6.54 Å². The maximum absolute atomic E-state index is 5.68. The summed E-state index contributed by atoms with van der Waals surface area (Å²) in [4.78, 5) is 0. The quantitative estimate of drug-likeness (QED) is 0.632. The SMILES string of the molecule is CCCC1(CCC/C(C)=C(/C)CN)CCCC1. The molecule has 17 heavy (non-hydrogen) atoms. The summed E-state index contributed by atoms with van der Waals surface area (Å²) in [6.45, 7) is 7.49. The predicted octanol–water partition coefficient (Wildman–Crippen LogP) is 4.81. The second-order valence-electron chi connectivity index (χ2n) is 6.08. The van der Waals surface area contributed by atoms with Crippen LogP contribution in [0.3, 0.4) is 0 Å². The van der Waals surface area contributed by atoms with Crippen molar-refractivity contribution in [2.24, 2.45) is 11.1 Å². The first kappa shape index (κ1) is 14.8. The highest BCUT2D eigenvalue weighted by Crippen LogP contribution is 2.46. The van der Waals surface area contributed by atoms with Gasteiger partial charge in [0.1, 0.15) is 0 Å². The molecule has 0 spiro atoms. The van der Waals surface area contributed by atoms with Crippen molar-refractivity contribution in [2.75, 3.05) is 6.54 Å². The molecule has 0 aromatic heterocycles. The van der Waals surface area contributed by atoms with Crippen LogP contribution in [-0.2, 0) is 0 Å². The zero-order chi connectivity index (χ0) is 12.7. The predicted molar refractivity (Wildman–Crippen MR) is 77.1 cm³/mol. The van der Waals surface area contributed by atoms with E-state index < -0.39 is 0 Å². The molecule has 1 fully saturated rings. The Morgan fingerprint density at radius 2 is 1.71 bits per heavy atom. The maximum Gasteiger partial charge on any atom is 0.0136 e. The third kappa shape index (κ3) is 4.46. The van der Waals surface area contributed by atoms with Gasteiger partial charge in [-0.3, -0.25) is 0 Å². The minimum Gasteiger partial charge on any atom is -0.327 e. The highest BCUT2D eigenvalue weighted by Gasteiger charge is 2.31. The smallest absolute Gasteiger partial charge is 0.0136 e. The summed E-state index contributed by atoms with van der Waals surface area (Å²) in [7, 11) is 0. The molecule has 0 aliphatic heterocycles. The van der Waals surface area contributed by atoms with Crippen LogP contribution in [0.1, 0.15) is 78.6 Å². The monoisotopic (exact) mass is 237 g/mol. The molecule has 1 aliphatic carbocycles. The van der Waals surface area contributed by atoms with Crippen LogP contribution >= 0.6 is 0 Å². The first-order valence-corrected chi connectivity index (χ1v) is 7.49. The molecule has 0 aromatic carbocycles. The summed E-state index contributed by atoms with van der Waals surface area (Å²) in [5.41, 5.74) is 9.31. The highest BCUT2D eigenvalue weighted by molar-refractivity contribution is 5.10. The number of hydrogen-bond acceptors (Lipinski definition) is 1. The molecule has 1 heteroatoms. The number of allylic oxidation sites excluding steroid dienone is 1. The van der Waals surface area contributed by atoms with Crippen molar-refractivity contribution in [2.45, 2.75) is 78.6 Å². The number of rotatable bonds is 7. The molecule has 2 N–H and O–H groups in total. The van der Waals surface area contributed by atoms with E-state index in [1.165, 1.54) is 68.9 Å². The summed E-state index contributed by atoms with van der Waals surface area (Å²) >= 11 is 0. The van der Waals surface area contributed by atoms with Gasteiger partial charge in [0.2, 0.25) is 0 Å². The summed E-state index contributed by atoms with van der Waals surface area (Å²) in [5.74, 6) is 0. The molecular weight excluding hydrogens is 206 g/mol. The van der Waals surface area contributed by atoms with Gasteiger partial charge in [-0.25, -0.2) is 0 Å². The minimum atomic E-state index is 0.714. The Balaban J connectivity index is 2.38. The van der Waals surface area contributed by atoms with Gasteiger partial charge in [-0.1, -0.05) is 37.3 Å². The van der Waals surface area contributed by atoms with Gasteiger partial charge in [0.15, 0.2) is 0 Å². The van der Waals surface area contributed by atoms with Crippen LogP contribution < -0.4 is 5.73 Å². The average molecular weight is 237 g/mol. The normalized spacial score (nSPS) is 20.5. The van der Waals surface area contributed by atoms with Crippen molar-refractivity contribution in [1.29, 1.82) is 0 Å². The van der Waals surface area contributed by atoms with Crippen molar-refractivity contribution in [3.63, 3.8) is 0 Å². The van der Waals surface area contributed by atoms with Gasteiger partial charge in [0, 0.05) is 6.54 Å². The van der Waals surface area contributed by atoms with E-state index >= 15 is 0 Å². The van der Waals surface area contributed by atoms with Crippen molar-refractivity contribution < 1.29 is 0 Å². The first-order valence-electron chi connectivity index (χ1n) is 7.49. The zero-order valence-electron chi connectivity index (χ0n) is 12.1. The van der Waals surface area contributed by atoms with Crippen LogP contribution in [0.5, 0.6) is 0 Å². The molecule has 0 atom stereocenters. The van der Waals surface area contributed by atoms with Gasteiger partial charge in [-0.15, -0.1) is 0 Å². The summed E-state index contributed by atoms with van der Waals surface area (Å²) in [5, 5.41) is 0. The van der Waals surface area contributed by atoms with E-state index in [4.69, 9.17) is 5.73 Å². The first-order chi connectivity index (χ1) is 8.13. The third-order valence-electron chi connectivity index (χ3n) is 4.74. The average Bonchev–Trinajstić information content (AvgIpc) is 2.77. The van der Waals surface area contributed by atoms with Gasteiger partial charge in [0.05, 0.1) is 0 Å². The molecule has 0 aromatic rings. The largest absolute Gasteiger partial charge is 0.327 e. The van der Waals surface area contributed by atoms with Gasteiger partial charge in [-0.2, -0.15) is 0 Å². The number of hydrogen-bond donors (Lipinski definition) is 1. The fourth-order valence-corrected chi connectivity index (χ4v) is 3.40. The molecule has 1 rings (SSSR count). The van der Waals surface area contributed by atoms with E-state index in [0.29, 0.717) is 5.41 Å². The number of nitrogens with two attached hydrogens (primary N) is 1. The molecule has 1 nitrogen and oxygen atoms in total. The van der Waals surface area contributed by atoms with Crippen LogP contribution in [0, 0.1) is 5.41 Å². The van der Waals surface area contributed by atoms with Gasteiger partial charge < -0.3 is 5.73 Å². The maximum atomic E-state index is 5.68. The molecule has 1 aliphatic rings. The van der Waals surface area contributed by atoms with Crippen molar-refractivity contribution in [3.05, 3.63) is 11.1 Å². The lowest BCUT2D eigenvalue weighted by molar-refractivity contribution is 0.239. The van der Waals surface area contributed by atoms with Crippen molar-refractivity contribution in [3.8, 4) is 0 Å². The molecule has 100 valence electrons. The molecule has 1 saturated carbocycles. The lowest BCUT2D eigenvalue weighted by Gasteiger charge is -2.28. The third-order valence-corrected chi connectivity index (χ3v) is 4.74. The second kappa shape index (κ2) is 7.20. The van der Waals surface area contributed by atoms with E-state index in [2.05, 4.69) is 20.8 Å². The standard InChI is InChI=1S/C16H31N/c1-4-9-16(10-5-6-11-16)12-7-8-14(2)15(3)13-17/h4-13,17H2,1-3H3/b15-14-. The molecule has 0 heterocycles. The molecule has 0 amide bonds. The molecule has 0 unspecified atom stereocenters. The summed E-state index contributed by atoms with van der Waals surface area (Å²) < 4.78 is 0. The van der Waals surface area contributed by atoms with Crippen molar-refractivity contribution >= 4 is 0 Å². The highest BCUT2D eigenvalue weighted by atomic mass is 14.5. The Hall–Kier alpha value is -0.300. The Labute approximate surface area is 108 Å². The van der Waals surface area contributed by atoms with Crippen LogP contribution in [0.2, 0.25) is 0 Å². The Morgan fingerprint density at radius 1 is 1.06 bits per heavy atom. The Bertz CT molecular complexity index is 246. The lowest BCUT2D eigenvalue weighted by Crippen LogP contribution is -2.16. The summed E-state index contributed by atoms with van der Waals surface area (Å²) in [6.07, 6.45) is 12.8. The fraction of sp³-hybridized carbons (Fsp3) is 0.875. The second-order valence-corrected chi connectivity index (χ2v) is 6.08. The van der Waals surface area contributed by atoms with Gasteiger partial charge in [0.25, 0.3) is 0 Å². The van der Waals surface area contributed by atoms with E-state index in [1.807, 2.05) is 0 Å².